The van der Waals surface area contributed by atoms with Gasteiger partial charge in [0.15, 0.2) is 5.82 Å². The summed E-state index contributed by atoms with van der Waals surface area (Å²) in [6.07, 6.45) is 5.34. The van der Waals surface area contributed by atoms with E-state index in [0.29, 0.717) is 23.3 Å². The second-order valence-corrected chi connectivity index (χ2v) is 6.84. The molecular formula is C18H21N7O2. The van der Waals surface area contributed by atoms with Crippen LogP contribution >= 0.6 is 0 Å². The van der Waals surface area contributed by atoms with E-state index in [1.54, 1.807) is 18.5 Å². The maximum absolute atomic E-state index is 12.3. The number of nitrogens with zero attached hydrogens (tertiary/aromatic N) is 6. The van der Waals surface area contributed by atoms with Crippen molar-refractivity contribution in [2.75, 3.05) is 18.0 Å². The zero-order chi connectivity index (χ0) is 18.8. The van der Waals surface area contributed by atoms with Crippen LogP contribution in [0, 0.1) is 0 Å². The topological polar surface area (TPSA) is 102 Å². The first kappa shape index (κ1) is 17.2. The molecule has 1 saturated heterocycles. The van der Waals surface area contributed by atoms with Crippen molar-refractivity contribution < 1.29 is 9.32 Å². The van der Waals surface area contributed by atoms with E-state index in [1.165, 1.54) is 0 Å². The molecule has 140 valence electrons. The van der Waals surface area contributed by atoms with E-state index in [0.717, 1.165) is 18.9 Å². The maximum Gasteiger partial charge on any atom is 0.253 e. The smallest absolute Gasteiger partial charge is 0.253 e. The fraction of sp³-hybridized carbons (Fsp3) is 0.389. The number of hydrogen-bond acceptors (Lipinski definition) is 7. The van der Waals surface area contributed by atoms with Gasteiger partial charge in [0, 0.05) is 37.6 Å². The van der Waals surface area contributed by atoms with Crippen LogP contribution in [-0.2, 0) is 6.54 Å². The van der Waals surface area contributed by atoms with Gasteiger partial charge in [-0.2, -0.15) is 10.1 Å². The van der Waals surface area contributed by atoms with Crippen molar-refractivity contribution in [2.45, 2.75) is 32.4 Å². The molecular weight excluding hydrogens is 346 g/mol. The Bertz CT molecular complexity index is 896. The van der Waals surface area contributed by atoms with Crippen molar-refractivity contribution in [3.63, 3.8) is 0 Å². The van der Waals surface area contributed by atoms with Gasteiger partial charge in [-0.3, -0.25) is 9.48 Å². The van der Waals surface area contributed by atoms with Gasteiger partial charge in [0.25, 0.3) is 5.91 Å². The molecule has 27 heavy (non-hydrogen) atoms. The molecule has 0 unspecified atom stereocenters. The lowest BCUT2D eigenvalue weighted by atomic mass is 10.1. The molecule has 0 saturated carbocycles. The van der Waals surface area contributed by atoms with E-state index in [9.17, 15) is 4.79 Å². The summed E-state index contributed by atoms with van der Waals surface area (Å²) in [6, 6.07) is 5.93. The minimum absolute atomic E-state index is 0.160. The lowest BCUT2D eigenvalue weighted by Crippen LogP contribution is -2.48. The third-order valence-corrected chi connectivity index (χ3v) is 4.48. The highest BCUT2D eigenvalue weighted by atomic mass is 16.5. The number of nitrogens with one attached hydrogen (secondary N) is 1. The van der Waals surface area contributed by atoms with E-state index >= 15 is 0 Å². The van der Waals surface area contributed by atoms with Crippen LogP contribution in [-0.4, -0.2) is 43.9 Å². The molecule has 4 heterocycles. The molecule has 1 fully saturated rings. The molecule has 0 aliphatic carbocycles. The first-order valence-corrected chi connectivity index (χ1v) is 8.91. The Morgan fingerprint density at radius 3 is 2.85 bits per heavy atom. The van der Waals surface area contributed by atoms with E-state index < -0.39 is 0 Å². The summed E-state index contributed by atoms with van der Waals surface area (Å²) in [5, 5.41) is 10.9. The Morgan fingerprint density at radius 1 is 1.37 bits per heavy atom. The average Bonchev–Trinajstić information content (AvgIpc) is 3.31. The van der Waals surface area contributed by atoms with Gasteiger partial charge in [-0.15, -0.1) is 0 Å². The number of amides is 1. The number of aromatic nitrogens is 5. The summed E-state index contributed by atoms with van der Waals surface area (Å²) < 4.78 is 7.08. The maximum atomic E-state index is 12.3. The van der Waals surface area contributed by atoms with Crippen LogP contribution in [0.3, 0.4) is 0 Å². The predicted octanol–water partition coefficient (Wildman–Crippen LogP) is 1.78. The Balaban J connectivity index is 1.30. The van der Waals surface area contributed by atoms with Gasteiger partial charge in [0.05, 0.1) is 18.2 Å². The summed E-state index contributed by atoms with van der Waals surface area (Å²) >= 11 is 0. The van der Waals surface area contributed by atoms with Crippen molar-refractivity contribution in [1.82, 2.24) is 30.2 Å². The average molecular weight is 367 g/mol. The number of carbonyl (C=O) groups excluding carboxylic acids is 1. The van der Waals surface area contributed by atoms with Gasteiger partial charge < -0.3 is 14.7 Å². The van der Waals surface area contributed by atoms with E-state index in [1.807, 2.05) is 36.9 Å². The van der Waals surface area contributed by atoms with Crippen LogP contribution < -0.4 is 10.2 Å². The predicted molar refractivity (Wildman–Crippen MR) is 97.3 cm³/mol. The summed E-state index contributed by atoms with van der Waals surface area (Å²) in [5.74, 6) is 1.82. The normalized spacial score (nSPS) is 14.4. The third kappa shape index (κ3) is 3.67. The lowest BCUT2D eigenvalue weighted by Gasteiger charge is -2.40. The second kappa shape index (κ2) is 7.18. The summed E-state index contributed by atoms with van der Waals surface area (Å²) in [4.78, 5) is 23.1. The monoisotopic (exact) mass is 367 g/mol. The van der Waals surface area contributed by atoms with Crippen molar-refractivity contribution >= 4 is 11.7 Å². The quantitative estimate of drug-likeness (QED) is 0.708. The SMILES string of the molecule is CC(C)c1nc(CNC(=O)c2ccc(N3CC(n4cccn4)C3)nc2)no1. The molecule has 1 N–H and O–H groups in total. The summed E-state index contributed by atoms with van der Waals surface area (Å²) in [7, 11) is 0. The van der Waals surface area contributed by atoms with Gasteiger partial charge in [0.2, 0.25) is 5.89 Å². The van der Waals surface area contributed by atoms with Crippen molar-refractivity contribution in [3.8, 4) is 0 Å². The summed E-state index contributed by atoms with van der Waals surface area (Å²) in [5.41, 5.74) is 0.496. The first-order valence-electron chi connectivity index (χ1n) is 8.91. The molecule has 0 atom stereocenters. The molecule has 0 bridgehead atoms. The third-order valence-electron chi connectivity index (χ3n) is 4.48. The molecule has 1 aliphatic rings. The van der Waals surface area contributed by atoms with Gasteiger partial charge in [-0.05, 0) is 18.2 Å². The molecule has 1 amide bonds. The van der Waals surface area contributed by atoms with E-state index in [2.05, 4.69) is 30.4 Å². The van der Waals surface area contributed by atoms with Gasteiger partial charge in [-0.25, -0.2) is 4.98 Å². The molecule has 4 rings (SSSR count). The molecule has 3 aromatic rings. The molecule has 9 nitrogen and oxygen atoms in total. The lowest BCUT2D eigenvalue weighted by molar-refractivity contribution is 0.0949. The van der Waals surface area contributed by atoms with Crippen LogP contribution in [0.15, 0.2) is 41.3 Å². The fourth-order valence-electron chi connectivity index (χ4n) is 2.85. The Kier molecular flexibility index (Phi) is 4.57. The number of anilines is 1. The number of pyridine rings is 1. The number of carbonyl (C=O) groups is 1. The minimum atomic E-state index is -0.219. The minimum Gasteiger partial charge on any atom is -0.352 e. The van der Waals surface area contributed by atoms with Crippen LogP contribution in [0.2, 0.25) is 0 Å². The number of hydrogen-bond donors (Lipinski definition) is 1. The highest BCUT2D eigenvalue weighted by molar-refractivity contribution is 5.93. The molecule has 3 aromatic heterocycles. The highest BCUT2D eigenvalue weighted by Crippen LogP contribution is 2.25. The standard InChI is InChI=1S/C18H21N7O2/c1-12(2)18-22-15(23-27-18)9-20-17(26)13-4-5-16(19-8-13)24-10-14(11-24)25-7-3-6-21-25/h3-8,12,14H,9-11H2,1-2H3,(H,20,26). The van der Waals surface area contributed by atoms with Gasteiger partial charge in [-0.1, -0.05) is 19.0 Å². The summed E-state index contributed by atoms with van der Waals surface area (Å²) in [6.45, 7) is 5.87. The van der Waals surface area contributed by atoms with Crippen molar-refractivity contribution in [1.29, 1.82) is 0 Å². The Morgan fingerprint density at radius 2 is 2.22 bits per heavy atom. The Hall–Kier alpha value is -3.23. The van der Waals surface area contributed by atoms with Crippen LogP contribution in [0.5, 0.6) is 0 Å². The van der Waals surface area contributed by atoms with Crippen molar-refractivity contribution in [3.05, 3.63) is 54.1 Å². The fourth-order valence-corrected chi connectivity index (χ4v) is 2.85. The van der Waals surface area contributed by atoms with Crippen molar-refractivity contribution in [2.24, 2.45) is 0 Å². The molecule has 1 aliphatic heterocycles. The highest BCUT2D eigenvalue weighted by Gasteiger charge is 2.29. The van der Waals surface area contributed by atoms with Crippen LogP contribution in [0.1, 0.15) is 47.9 Å². The van der Waals surface area contributed by atoms with E-state index in [-0.39, 0.29) is 18.4 Å². The first-order chi connectivity index (χ1) is 13.1. The largest absolute Gasteiger partial charge is 0.352 e. The van der Waals surface area contributed by atoms with Gasteiger partial charge >= 0.3 is 0 Å². The molecule has 0 spiro atoms. The zero-order valence-electron chi connectivity index (χ0n) is 15.2. The van der Waals surface area contributed by atoms with Crippen LogP contribution in [0.4, 0.5) is 5.82 Å². The van der Waals surface area contributed by atoms with E-state index in [4.69, 9.17) is 4.52 Å². The number of rotatable bonds is 6. The van der Waals surface area contributed by atoms with Crippen LogP contribution in [0.25, 0.3) is 0 Å². The Labute approximate surface area is 156 Å². The molecule has 0 aromatic carbocycles. The zero-order valence-corrected chi connectivity index (χ0v) is 15.2. The molecule has 0 radical (unpaired) electrons. The van der Waals surface area contributed by atoms with Gasteiger partial charge in [0.1, 0.15) is 5.82 Å². The molecule has 9 heteroatoms. The second-order valence-electron chi connectivity index (χ2n) is 6.84.